The van der Waals surface area contributed by atoms with E-state index in [-0.39, 0.29) is 17.9 Å². The van der Waals surface area contributed by atoms with Crippen molar-refractivity contribution in [2.75, 3.05) is 24.5 Å². The van der Waals surface area contributed by atoms with Gasteiger partial charge in [-0.05, 0) is 62.6 Å². The molecule has 1 saturated heterocycles. The van der Waals surface area contributed by atoms with Gasteiger partial charge in [-0.15, -0.1) is 0 Å². The van der Waals surface area contributed by atoms with Gasteiger partial charge in [-0.2, -0.15) is 4.98 Å². The lowest BCUT2D eigenvalue weighted by Crippen LogP contribution is -2.54. The van der Waals surface area contributed by atoms with E-state index in [1.807, 2.05) is 45.0 Å². The number of aryl methyl sites for hydroxylation is 2. The predicted molar refractivity (Wildman–Crippen MR) is 157 cm³/mol. The van der Waals surface area contributed by atoms with Crippen LogP contribution >= 0.6 is 0 Å². The highest BCUT2D eigenvalue weighted by atomic mass is 16.3. The molecule has 5 heterocycles. The van der Waals surface area contributed by atoms with Crippen LogP contribution < -0.4 is 10.6 Å². The summed E-state index contributed by atoms with van der Waals surface area (Å²) >= 11 is 0. The maximum Gasteiger partial charge on any atom is 0.355 e. The molecule has 9 heteroatoms. The van der Waals surface area contributed by atoms with Crippen LogP contribution in [-0.4, -0.2) is 56.0 Å². The van der Waals surface area contributed by atoms with Crippen molar-refractivity contribution in [2.45, 2.75) is 46.6 Å². The van der Waals surface area contributed by atoms with Gasteiger partial charge in [0.05, 0.1) is 16.8 Å². The second kappa shape index (κ2) is 9.59. The van der Waals surface area contributed by atoms with E-state index in [0.717, 1.165) is 27.8 Å². The number of hydrogen-bond acceptors (Lipinski definition) is 7. The summed E-state index contributed by atoms with van der Waals surface area (Å²) < 4.78 is 7.84. The van der Waals surface area contributed by atoms with Crippen molar-refractivity contribution >= 4 is 44.8 Å². The molecule has 9 nitrogen and oxygen atoms in total. The quantitative estimate of drug-likeness (QED) is 0.297. The number of aromatic nitrogens is 4. The van der Waals surface area contributed by atoms with E-state index >= 15 is 0 Å². The molecule has 0 radical (unpaired) electrons. The number of fused-ring (bicyclic) bond motifs is 4. The summed E-state index contributed by atoms with van der Waals surface area (Å²) in [5.74, 6) is 0.509. The van der Waals surface area contributed by atoms with Crippen molar-refractivity contribution in [1.82, 2.24) is 24.4 Å². The molecule has 0 N–H and O–H groups in total. The first-order chi connectivity index (χ1) is 19.2. The standard InChI is InChI=1S/C31H32N6O3/c1-7-25(38)35-12-13-36(20(6)16-35)29-22-15-24-27(21-14-18(4)8-9-23(21)40-24)33-30(22)37(31(39)34-29)28-19(5)10-11-32-26(28)17(2)3/h7-11,14-15,17,20H,1,12-13,16H2,2-6H3/t20-/m0/s1. The largest absolute Gasteiger partial charge is 0.454 e. The second-order valence-corrected chi connectivity index (χ2v) is 10.9. The van der Waals surface area contributed by atoms with Gasteiger partial charge in [-0.1, -0.05) is 32.1 Å². The fourth-order valence-corrected chi connectivity index (χ4v) is 5.73. The fourth-order valence-electron chi connectivity index (χ4n) is 5.73. The van der Waals surface area contributed by atoms with Gasteiger partial charge in [-0.3, -0.25) is 9.78 Å². The SMILES string of the molecule is C=CC(=O)N1CCN(c2nc(=O)n(-c3c(C)ccnc3C(C)C)c3nc4c(cc23)oc2ccc(C)cc24)[C@@H](C)C1. The molecular weight excluding hydrogens is 504 g/mol. The minimum atomic E-state index is -0.423. The molecule has 5 aromatic rings. The summed E-state index contributed by atoms with van der Waals surface area (Å²) in [6.45, 7) is 15.3. The van der Waals surface area contributed by atoms with Crippen LogP contribution in [0.4, 0.5) is 5.82 Å². The van der Waals surface area contributed by atoms with E-state index < -0.39 is 5.69 Å². The average molecular weight is 537 g/mol. The number of pyridine rings is 2. The number of carbonyl (C=O) groups excluding carboxylic acids is 1. The summed E-state index contributed by atoms with van der Waals surface area (Å²) in [6, 6.07) is 9.78. The Morgan fingerprint density at radius 2 is 1.90 bits per heavy atom. The van der Waals surface area contributed by atoms with Crippen LogP contribution in [0.15, 0.2) is 58.4 Å². The third-order valence-electron chi connectivity index (χ3n) is 7.73. The molecule has 0 bridgehead atoms. The molecule has 4 aromatic heterocycles. The lowest BCUT2D eigenvalue weighted by Gasteiger charge is -2.40. The zero-order chi connectivity index (χ0) is 28.3. The zero-order valence-electron chi connectivity index (χ0n) is 23.4. The molecule has 1 aliphatic heterocycles. The summed E-state index contributed by atoms with van der Waals surface area (Å²) in [4.78, 5) is 44.6. The molecule has 1 aromatic carbocycles. The maximum atomic E-state index is 14.0. The van der Waals surface area contributed by atoms with Crippen LogP contribution in [0.3, 0.4) is 0 Å². The Morgan fingerprint density at radius 3 is 2.62 bits per heavy atom. The van der Waals surface area contributed by atoms with Crippen LogP contribution in [0, 0.1) is 13.8 Å². The number of nitrogens with zero attached hydrogens (tertiary/aromatic N) is 6. The van der Waals surface area contributed by atoms with E-state index in [1.54, 1.807) is 15.7 Å². The Hall–Kier alpha value is -4.53. The Labute approximate surface area is 231 Å². The van der Waals surface area contributed by atoms with Gasteiger partial charge in [0.25, 0.3) is 0 Å². The highest BCUT2D eigenvalue weighted by Crippen LogP contribution is 2.35. The summed E-state index contributed by atoms with van der Waals surface area (Å²) in [7, 11) is 0. The summed E-state index contributed by atoms with van der Waals surface area (Å²) in [5, 5.41) is 1.60. The third-order valence-corrected chi connectivity index (χ3v) is 7.73. The van der Waals surface area contributed by atoms with Gasteiger partial charge in [0.1, 0.15) is 16.9 Å². The van der Waals surface area contributed by atoms with Crippen LogP contribution in [-0.2, 0) is 4.79 Å². The first-order valence-corrected chi connectivity index (χ1v) is 13.6. The van der Waals surface area contributed by atoms with Crippen molar-refractivity contribution in [1.29, 1.82) is 0 Å². The van der Waals surface area contributed by atoms with Crippen molar-refractivity contribution in [3.8, 4) is 5.69 Å². The maximum absolute atomic E-state index is 14.0. The molecule has 0 spiro atoms. The minimum Gasteiger partial charge on any atom is -0.454 e. The van der Waals surface area contributed by atoms with E-state index in [4.69, 9.17) is 9.40 Å². The number of amides is 1. The molecule has 1 atom stereocenters. The number of rotatable bonds is 4. The van der Waals surface area contributed by atoms with Crippen molar-refractivity contribution in [3.05, 3.63) is 76.5 Å². The fraction of sp³-hybridized carbons (Fsp3) is 0.323. The normalized spacial score (nSPS) is 16.0. The minimum absolute atomic E-state index is 0.0770. The number of carbonyl (C=O) groups is 1. The highest BCUT2D eigenvalue weighted by molar-refractivity contribution is 6.07. The topological polar surface area (TPSA) is 97.4 Å². The number of furan rings is 1. The molecule has 40 heavy (non-hydrogen) atoms. The molecule has 204 valence electrons. The van der Waals surface area contributed by atoms with Crippen LogP contribution in [0.5, 0.6) is 0 Å². The first-order valence-electron chi connectivity index (χ1n) is 13.6. The van der Waals surface area contributed by atoms with Crippen LogP contribution in [0.2, 0.25) is 0 Å². The van der Waals surface area contributed by atoms with Crippen molar-refractivity contribution in [3.63, 3.8) is 0 Å². The Bertz CT molecular complexity index is 1890. The van der Waals surface area contributed by atoms with Crippen LogP contribution in [0.25, 0.3) is 38.8 Å². The molecule has 0 saturated carbocycles. The number of benzene rings is 1. The molecule has 1 fully saturated rings. The lowest BCUT2D eigenvalue weighted by molar-refractivity contribution is -0.126. The number of piperazine rings is 1. The lowest BCUT2D eigenvalue weighted by atomic mass is 10.0. The molecule has 1 amide bonds. The number of anilines is 1. The molecule has 6 rings (SSSR count). The Morgan fingerprint density at radius 1 is 1.10 bits per heavy atom. The predicted octanol–water partition coefficient (Wildman–Crippen LogP) is 5.04. The average Bonchev–Trinajstić information content (AvgIpc) is 3.28. The Kier molecular flexibility index (Phi) is 6.17. The molecule has 0 aliphatic carbocycles. The zero-order valence-corrected chi connectivity index (χ0v) is 23.4. The third kappa shape index (κ3) is 4.04. The van der Waals surface area contributed by atoms with E-state index in [9.17, 15) is 9.59 Å². The number of hydrogen-bond donors (Lipinski definition) is 0. The smallest absolute Gasteiger partial charge is 0.355 e. The van der Waals surface area contributed by atoms with Gasteiger partial charge in [-0.25, -0.2) is 14.3 Å². The highest BCUT2D eigenvalue weighted by Gasteiger charge is 2.30. The van der Waals surface area contributed by atoms with Gasteiger partial charge in [0.15, 0.2) is 11.2 Å². The second-order valence-electron chi connectivity index (χ2n) is 10.9. The summed E-state index contributed by atoms with van der Waals surface area (Å²) in [5.41, 5.74) is 5.65. The molecular formula is C31H32N6O3. The van der Waals surface area contributed by atoms with E-state index in [0.29, 0.717) is 53.3 Å². The Balaban J connectivity index is 1.67. The van der Waals surface area contributed by atoms with Crippen LogP contribution in [0.1, 0.15) is 43.5 Å². The van der Waals surface area contributed by atoms with Crippen molar-refractivity contribution in [2.24, 2.45) is 0 Å². The first kappa shape index (κ1) is 25.7. The molecule has 0 unspecified atom stereocenters. The summed E-state index contributed by atoms with van der Waals surface area (Å²) in [6.07, 6.45) is 3.11. The van der Waals surface area contributed by atoms with Gasteiger partial charge >= 0.3 is 5.69 Å². The monoisotopic (exact) mass is 536 g/mol. The van der Waals surface area contributed by atoms with Gasteiger partial charge in [0.2, 0.25) is 5.91 Å². The van der Waals surface area contributed by atoms with E-state index in [2.05, 4.69) is 41.4 Å². The van der Waals surface area contributed by atoms with Gasteiger partial charge in [0, 0.05) is 37.3 Å². The molecule has 1 aliphatic rings. The van der Waals surface area contributed by atoms with Gasteiger partial charge < -0.3 is 14.2 Å². The van der Waals surface area contributed by atoms with Crippen molar-refractivity contribution < 1.29 is 9.21 Å². The van der Waals surface area contributed by atoms with E-state index in [1.165, 1.54) is 6.08 Å².